The molecule has 1 aromatic heterocycles. The molecule has 20 heavy (non-hydrogen) atoms. The second-order valence-corrected chi connectivity index (χ2v) is 5.77. The number of rotatable bonds is 5. The van der Waals surface area contributed by atoms with Gasteiger partial charge in [-0.05, 0) is 44.7 Å². The zero-order chi connectivity index (χ0) is 14.0. The van der Waals surface area contributed by atoms with Crippen LogP contribution >= 0.6 is 0 Å². The van der Waals surface area contributed by atoms with Gasteiger partial charge in [0.05, 0.1) is 6.10 Å². The summed E-state index contributed by atoms with van der Waals surface area (Å²) in [6.45, 7) is 6.61. The molecule has 1 saturated carbocycles. The minimum Gasteiger partial charge on any atom is -0.375 e. The second kappa shape index (κ2) is 5.80. The SMILES string of the molecule is CCO[C@@H]1CC(NCc2cccnc2C)[C@]12CCCO2. The van der Waals surface area contributed by atoms with E-state index < -0.39 is 0 Å². The molecule has 3 rings (SSSR count). The van der Waals surface area contributed by atoms with Crippen molar-refractivity contribution < 1.29 is 9.47 Å². The van der Waals surface area contributed by atoms with E-state index in [1.54, 1.807) is 0 Å². The van der Waals surface area contributed by atoms with Gasteiger partial charge < -0.3 is 14.8 Å². The van der Waals surface area contributed by atoms with Crippen LogP contribution in [0.15, 0.2) is 18.3 Å². The number of pyridine rings is 1. The third-order valence-corrected chi connectivity index (χ3v) is 4.69. The third kappa shape index (κ3) is 2.36. The Morgan fingerprint density at radius 1 is 1.55 bits per heavy atom. The molecule has 2 fully saturated rings. The van der Waals surface area contributed by atoms with Crippen LogP contribution < -0.4 is 5.32 Å². The van der Waals surface area contributed by atoms with Gasteiger partial charge in [0, 0.05) is 37.7 Å². The van der Waals surface area contributed by atoms with Crippen molar-refractivity contribution in [3.8, 4) is 0 Å². The Kier molecular flexibility index (Phi) is 4.06. The molecule has 0 radical (unpaired) electrons. The molecule has 110 valence electrons. The fraction of sp³-hybridized carbons (Fsp3) is 0.688. The molecule has 4 nitrogen and oxygen atoms in total. The molecular formula is C16H24N2O2. The summed E-state index contributed by atoms with van der Waals surface area (Å²) in [5, 5.41) is 3.65. The summed E-state index contributed by atoms with van der Waals surface area (Å²) in [5.41, 5.74) is 2.29. The average Bonchev–Trinajstić information content (AvgIpc) is 2.96. The van der Waals surface area contributed by atoms with Crippen LogP contribution in [0, 0.1) is 6.92 Å². The molecule has 1 aromatic rings. The van der Waals surface area contributed by atoms with Crippen molar-refractivity contribution in [2.45, 2.75) is 57.4 Å². The fourth-order valence-electron chi connectivity index (χ4n) is 3.49. The molecule has 1 unspecified atom stereocenters. The van der Waals surface area contributed by atoms with Crippen LogP contribution in [0.1, 0.15) is 37.4 Å². The molecule has 2 aliphatic rings. The Hall–Kier alpha value is -0.970. The molecule has 1 aliphatic heterocycles. The van der Waals surface area contributed by atoms with E-state index in [0.29, 0.717) is 6.04 Å². The Balaban J connectivity index is 1.62. The minimum atomic E-state index is -0.0773. The van der Waals surface area contributed by atoms with Crippen molar-refractivity contribution in [1.82, 2.24) is 10.3 Å². The Morgan fingerprint density at radius 3 is 3.15 bits per heavy atom. The van der Waals surface area contributed by atoms with Crippen molar-refractivity contribution >= 4 is 0 Å². The first-order valence-electron chi connectivity index (χ1n) is 7.65. The van der Waals surface area contributed by atoms with Gasteiger partial charge in [0.2, 0.25) is 0 Å². The van der Waals surface area contributed by atoms with Crippen molar-refractivity contribution in [2.24, 2.45) is 0 Å². The van der Waals surface area contributed by atoms with E-state index in [9.17, 15) is 0 Å². The van der Waals surface area contributed by atoms with Crippen LogP contribution in [0.3, 0.4) is 0 Å². The monoisotopic (exact) mass is 276 g/mol. The van der Waals surface area contributed by atoms with Gasteiger partial charge in [-0.2, -0.15) is 0 Å². The van der Waals surface area contributed by atoms with E-state index in [-0.39, 0.29) is 11.7 Å². The molecule has 0 bridgehead atoms. The van der Waals surface area contributed by atoms with Crippen molar-refractivity contribution in [2.75, 3.05) is 13.2 Å². The lowest BCUT2D eigenvalue weighted by atomic mass is 9.70. The molecule has 4 heteroatoms. The number of hydrogen-bond donors (Lipinski definition) is 1. The summed E-state index contributed by atoms with van der Waals surface area (Å²) < 4.78 is 11.9. The smallest absolute Gasteiger partial charge is 0.110 e. The molecule has 1 saturated heterocycles. The lowest BCUT2D eigenvalue weighted by molar-refractivity contribution is -0.197. The van der Waals surface area contributed by atoms with Gasteiger partial charge in [-0.1, -0.05) is 6.07 Å². The van der Waals surface area contributed by atoms with Gasteiger partial charge in [-0.25, -0.2) is 0 Å². The number of nitrogens with zero attached hydrogens (tertiary/aromatic N) is 1. The number of nitrogens with one attached hydrogen (secondary N) is 1. The summed E-state index contributed by atoms with van der Waals surface area (Å²) >= 11 is 0. The minimum absolute atomic E-state index is 0.0773. The van der Waals surface area contributed by atoms with Crippen LogP contribution in [0.4, 0.5) is 0 Å². The zero-order valence-corrected chi connectivity index (χ0v) is 12.4. The number of aromatic nitrogens is 1. The number of hydrogen-bond acceptors (Lipinski definition) is 4. The summed E-state index contributed by atoms with van der Waals surface area (Å²) in [6, 6.07) is 4.53. The largest absolute Gasteiger partial charge is 0.375 e. The van der Waals surface area contributed by atoms with E-state index in [1.807, 2.05) is 12.3 Å². The zero-order valence-electron chi connectivity index (χ0n) is 12.4. The summed E-state index contributed by atoms with van der Waals surface area (Å²) in [7, 11) is 0. The second-order valence-electron chi connectivity index (χ2n) is 5.77. The van der Waals surface area contributed by atoms with Crippen LogP contribution in [0.2, 0.25) is 0 Å². The van der Waals surface area contributed by atoms with Crippen molar-refractivity contribution in [3.63, 3.8) is 0 Å². The van der Waals surface area contributed by atoms with Crippen molar-refractivity contribution in [3.05, 3.63) is 29.6 Å². The van der Waals surface area contributed by atoms with Gasteiger partial charge in [0.15, 0.2) is 0 Å². The highest BCUT2D eigenvalue weighted by Gasteiger charge is 2.58. The average molecular weight is 276 g/mol. The fourth-order valence-corrected chi connectivity index (χ4v) is 3.49. The Morgan fingerprint density at radius 2 is 2.45 bits per heavy atom. The molecule has 2 heterocycles. The highest BCUT2D eigenvalue weighted by molar-refractivity contribution is 5.19. The Bertz CT molecular complexity index is 458. The highest BCUT2D eigenvalue weighted by atomic mass is 16.6. The molecule has 1 N–H and O–H groups in total. The summed E-state index contributed by atoms with van der Waals surface area (Å²) in [6.07, 6.45) is 5.42. The maximum Gasteiger partial charge on any atom is 0.110 e. The predicted octanol–water partition coefficient (Wildman–Crippen LogP) is 2.21. The van der Waals surface area contributed by atoms with Gasteiger partial charge >= 0.3 is 0 Å². The van der Waals surface area contributed by atoms with Crippen LogP contribution in [0.5, 0.6) is 0 Å². The van der Waals surface area contributed by atoms with E-state index in [0.717, 1.165) is 44.7 Å². The Labute approximate surface area is 120 Å². The topological polar surface area (TPSA) is 43.4 Å². The maximum absolute atomic E-state index is 6.07. The van der Waals surface area contributed by atoms with Crippen LogP contribution in [-0.2, 0) is 16.0 Å². The van der Waals surface area contributed by atoms with Gasteiger partial charge in [0.1, 0.15) is 5.60 Å². The van der Waals surface area contributed by atoms with Crippen LogP contribution in [-0.4, -0.2) is 35.9 Å². The molecular weight excluding hydrogens is 252 g/mol. The maximum atomic E-state index is 6.07. The highest BCUT2D eigenvalue weighted by Crippen LogP contribution is 2.45. The molecule has 3 atom stereocenters. The summed E-state index contributed by atoms with van der Waals surface area (Å²) in [4.78, 5) is 4.34. The van der Waals surface area contributed by atoms with E-state index in [2.05, 4.69) is 30.2 Å². The quantitative estimate of drug-likeness (QED) is 0.895. The molecule has 1 spiro atoms. The molecule has 1 aliphatic carbocycles. The van der Waals surface area contributed by atoms with Gasteiger partial charge in [0.25, 0.3) is 0 Å². The molecule has 0 aromatic carbocycles. The first kappa shape index (κ1) is 14.0. The van der Waals surface area contributed by atoms with Gasteiger partial charge in [-0.3, -0.25) is 4.98 Å². The first-order chi connectivity index (χ1) is 9.76. The third-order valence-electron chi connectivity index (χ3n) is 4.69. The lowest BCUT2D eigenvalue weighted by Gasteiger charge is -2.52. The van der Waals surface area contributed by atoms with Crippen LogP contribution in [0.25, 0.3) is 0 Å². The molecule has 0 amide bonds. The van der Waals surface area contributed by atoms with E-state index >= 15 is 0 Å². The first-order valence-corrected chi connectivity index (χ1v) is 7.65. The predicted molar refractivity (Wildman–Crippen MR) is 77.5 cm³/mol. The van der Waals surface area contributed by atoms with Gasteiger partial charge in [-0.15, -0.1) is 0 Å². The standard InChI is InChI=1S/C16H24N2O2/c1-3-19-15-10-14(16(15)7-5-9-20-16)18-11-13-6-4-8-17-12(13)2/h4,6,8,14-15,18H,3,5,7,9-11H2,1-2H3/t14?,15-,16-/m1/s1. The summed E-state index contributed by atoms with van der Waals surface area (Å²) in [5.74, 6) is 0. The van der Waals surface area contributed by atoms with E-state index in [4.69, 9.17) is 9.47 Å². The normalized spacial score (nSPS) is 32.5. The van der Waals surface area contributed by atoms with E-state index in [1.165, 1.54) is 5.56 Å². The van der Waals surface area contributed by atoms with Crippen molar-refractivity contribution in [1.29, 1.82) is 0 Å². The number of ether oxygens (including phenoxy) is 2. The number of aryl methyl sites for hydroxylation is 1. The lowest BCUT2D eigenvalue weighted by Crippen LogP contribution is -2.68.